The average molecular weight is 286 g/mol. The largest absolute Gasteiger partial charge is 0.389 e. The number of hydrogen-bond acceptors (Lipinski definition) is 5. The van der Waals surface area contributed by atoms with Crippen LogP contribution >= 0.6 is 0 Å². The van der Waals surface area contributed by atoms with E-state index in [4.69, 9.17) is 5.73 Å². The van der Waals surface area contributed by atoms with E-state index in [1.165, 1.54) is 0 Å². The van der Waals surface area contributed by atoms with Gasteiger partial charge in [0.25, 0.3) is 0 Å². The van der Waals surface area contributed by atoms with Gasteiger partial charge >= 0.3 is 0 Å². The molecule has 2 atom stereocenters. The maximum atomic E-state index is 12.2. The van der Waals surface area contributed by atoms with Gasteiger partial charge in [-0.25, -0.2) is 8.42 Å². The van der Waals surface area contributed by atoms with Crippen molar-refractivity contribution in [1.82, 2.24) is 4.31 Å². The molecule has 1 aliphatic rings. The van der Waals surface area contributed by atoms with Gasteiger partial charge in [-0.05, 0) is 11.1 Å². The van der Waals surface area contributed by atoms with E-state index in [0.717, 1.165) is 9.87 Å². The van der Waals surface area contributed by atoms with Crippen LogP contribution in [0.25, 0.3) is 0 Å². The van der Waals surface area contributed by atoms with E-state index in [0.29, 0.717) is 5.56 Å². The highest BCUT2D eigenvalue weighted by Gasteiger charge is 2.36. The van der Waals surface area contributed by atoms with E-state index in [2.05, 4.69) is 0 Å². The first-order valence-corrected chi connectivity index (χ1v) is 7.66. The molecular formula is C12H18N2O4S. The lowest BCUT2D eigenvalue weighted by Gasteiger charge is -2.16. The minimum atomic E-state index is -3.55. The topological polar surface area (TPSA) is 104 Å². The first kappa shape index (κ1) is 14.4. The van der Waals surface area contributed by atoms with Crippen molar-refractivity contribution in [3.63, 3.8) is 0 Å². The molecule has 2 unspecified atom stereocenters. The molecule has 7 heteroatoms. The van der Waals surface area contributed by atoms with Crippen LogP contribution in [-0.4, -0.2) is 48.2 Å². The summed E-state index contributed by atoms with van der Waals surface area (Å²) < 4.78 is 25.6. The quantitative estimate of drug-likeness (QED) is 0.659. The monoisotopic (exact) mass is 286 g/mol. The minimum absolute atomic E-state index is 0.0612. The second-order valence-electron chi connectivity index (χ2n) is 4.68. The Labute approximate surface area is 112 Å². The molecule has 4 N–H and O–H groups in total. The van der Waals surface area contributed by atoms with Gasteiger partial charge in [-0.2, -0.15) is 4.31 Å². The van der Waals surface area contributed by atoms with Gasteiger partial charge in [-0.15, -0.1) is 0 Å². The predicted octanol–water partition coefficient (Wildman–Crippen LogP) is -0.988. The Morgan fingerprint density at radius 1 is 1.16 bits per heavy atom. The molecule has 19 heavy (non-hydrogen) atoms. The van der Waals surface area contributed by atoms with Gasteiger partial charge in [0.1, 0.15) is 0 Å². The fourth-order valence-corrected chi connectivity index (χ4v) is 3.76. The summed E-state index contributed by atoms with van der Waals surface area (Å²) >= 11 is 0. The smallest absolute Gasteiger partial charge is 0.218 e. The lowest BCUT2D eigenvalue weighted by molar-refractivity contribution is 0.0572. The van der Waals surface area contributed by atoms with Crippen LogP contribution in [0.15, 0.2) is 24.3 Å². The highest BCUT2D eigenvalue weighted by atomic mass is 32.2. The number of sulfonamides is 1. The van der Waals surface area contributed by atoms with Crippen molar-refractivity contribution >= 4 is 10.0 Å². The van der Waals surface area contributed by atoms with E-state index in [1.807, 2.05) is 6.07 Å². The predicted molar refractivity (Wildman–Crippen MR) is 70.5 cm³/mol. The summed E-state index contributed by atoms with van der Waals surface area (Å²) in [4.78, 5) is 0. The maximum Gasteiger partial charge on any atom is 0.218 e. The molecular weight excluding hydrogens is 268 g/mol. The highest BCUT2D eigenvalue weighted by molar-refractivity contribution is 7.88. The van der Waals surface area contributed by atoms with Crippen LogP contribution in [0.4, 0.5) is 0 Å². The second kappa shape index (κ2) is 5.56. The molecule has 0 spiro atoms. The van der Waals surface area contributed by atoms with Gasteiger partial charge in [0, 0.05) is 19.6 Å². The molecule has 0 saturated carbocycles. The van der Waals surface area contributed by atoms with Crippen molar-refractivity contribution in [2.45, 2.75) is 24.5 Å². The minimum Gasteiger partial charge on any atom is -0.389 e. The number of nitrogens with zero attached hydrogens (tertiary/aromatic N) is 1. The maximum absolute atomic E-state index is 12.2. The number of aliphatic hydroxyl groups is 2. The summed E-state index contributed by atoms with van der Waals surface area (Å²) in [5, 5.41) is 18.8. The molecule has 0 aromatic heterocycles. The summed E-state index contributed by atoms with van der Waals surface area (Å²) in [6, 6.07) is 7.08. The van der Waals surface area contributed by atoms with Crippen LogP contribution in [0.1, 0.15) is 11.1 Å². The third kappa shape index (κ3) is 3.13. The Hall–Kier alpha value is -0.990. The number of nitrogens with two attached hydrogens (primary N) is 1. The van der Waals surface area contributed by atoms with Crippen LogP contribution in [0.3, 0.4) is 0 Å². The SMILES string of the molecule is NCc1ccccc1CS(=O)(=O)N1CC(O)C(O)C1. The molecule has 1 fully saturated rings. The van der Waals surface area contributed by atoms with Crippen molar-refractivity contribution in [2.75, 3.05) is 13.1 Å². The van der Waals surface area contributed by atoms with Gasteiger partial charge in [0.05, 0.1) is 18.0 Å². The fraction of sp³-hybridized carbons (Fsp3) is 0.500. The van der Waals surface area contributed by atoms with Crippen molar-refractivity contribution in [3.05, 3.63) is 35.4 Å². The lowest BCUT2D eigenvalue weighted by Crippen LogP contribution is -2.31. The fourth-order valence-electron chi connectivity index (χ4n) is 2.15. The molecule has 1 aromatic rings. The Bertz CT molecular complexity index is 536. The normalized spacial score (nSPS) is 24.8. The van der Waals surface area contributed by atoms with Crippen LogP contribution in [0.2, 0.25) is 0 Å². The molecule has 0 bridgehead atoms. The average Bonchev–Trinajstić information content (AvgIpc) is 2.71. The Balaban J connectivity index is 2.18. The first-order valence-electron chi connectivity index (χ1n) is 6.05. The van der Waals surface area contributed by atoms with Crippen molar-refractivity contribution in [1.29, 1.82) is 0 Å². The molecule has 1 heterocycles. The van der Waals surface area contributed by atoms with Crippen molar-refractivity contribution < 1.29 is 18.6 Å². The van der Waals surface area contributed by atoms with E-state index in [1.54, 1.807) is 18.2 Å². The van der Waals surface area contributed by atoms with E-state index in [-0.39, 0.29) is 25.4 Å². The Kier molecular flexibility index (Phi) is 4.22. The molecule has 0 radical (unpaired) electrons. The number of aliphatic hydroxyl groups excluding tert-OH is 2. The first-order chi connectivity index (χ1) is 8.94. The van der Waals surface area contributed by atoms with Gasteiger partial charge in [0.15, 0.2) is 0 Å². The third-order valence-electron chi connectivity index (χ3n) is 3.30. The summed E-state index contributed by atoms with van der Waals surface area (Å²) in [5.41, 5.74) is 7.02. The standard InChI is InChI=1S/C12H18N2O4S/c13-5-9-3-1-2-4-10(9)8-19(17,18)14-6-11(15)12(16)7-14/h1-4,11-12,15-16H,5-8,13H2. The van der Waals surface area contributed by atoms with E-state index >= 15 is 0 Å². The molecule has 6 nitrogen and oxygen atoms in total. The summed E-state index contributed by atoms with van der Waals surface area (Å²) in [6.45, 7) is 0.152. The van der Waals surface area contributed by atoms with Crippen molar-refractivity contribution in [3.8, 4) is 0 Å². The van der Waals surface area contributed by atoms with Crippen LogP contribution in [0, 0.1) is 0 Å². The van der Waals surface area contributed by atoms with Crippen molar-refractivity contribution in [2.24, 2.45) is 5.73 Å². The summed E-state index contributed by atoms with van der Waals surface area (Å²) in [5.74, 6) is -0.167. The Morgan fingerprint density at radius 3 is 2.21 bits per heavy atom. The second-order valence-corrected chi connectivity index (χ2v) is 6.65. The van der Waals surface area contributed by atoms with Gasteiger partial charge in [0.2, 0.25) is 10.0 Å². The van der Waals surface area contributed by atoms with Crippen LogP contribution in [-0.2, 0) is 22.3 Å². The van der Waals surface area contributed by atoms with E-state index < -0.39 is 22.2 Å². The lowest BCUT2D eigenvalue weighted by atomic mass is 10.1. The number of benzene rings is 1. The molecule has 106 valence electrons. The molecule has 1 aromatic carbocycles. The van der Waals surface area contributed by atoms with Crippen LogP contribution in [0.5, 0.6) is 0 Å². The highest BCUT2D eigenvalue weighted by Crippen LogP contribution is 2.19. The number of rotatable bonds is 4. The molecule has 1 aliphatic heterocycles. The molecule has 0 aliphatic carbocycles. The van der Waals surface area contributed by atoms with Crippen LogP contribution < -0.4 is 5.73 Å². The summed E-state index contributed by atoms with van der Waals surface area (Å²) in [7, 11) is -3.55. The molecule has 2 rings (SSSR count). The molecule has 0 amide bonds. The number of β-amino-alcohol motifs (C(OH)–C–C–N with tert-alkyl or cyclic N) is 2. The zero-order valence-corrected chi connectivity index (χ0v) is 11.3. The van der Waals surface area contributed by atoms with Gasteiger partial charge in [-0.1, -0.05) is 24.3 Å². The zero-order valence-electron chi connectivity index (χ0n) is 10.4. The van der Waals surface area contributed by atoms with Gasteiger partial charge in [-0.3, -0.25) is 0 Å². The zero-order chi connectivity index (χ0) is 14.0. The van der Waals surface area contributed by atoms with E-state index in [9.17, 15) is 18.6 Å². The number of hydrogen-bond donors (Lipinski definition) is 3. The van der Waals surface area contributed by atoms with Gasteiger partial charge < -0.3 is 15.9 Å². The summed E-state index contributed by atoms with van der Waals surface area (Å²) in [6.07, 6.45) is -2.03. The third-order valence-corrected chi connectivity index (χ3v) is 5.06. The molecule has 1 saturated heterocycles. The Morgan fingerprint density at radius 2 is 1.68 bits per heavy atom.